The number of carbonyl (C=O) groups excluding carboxylic acids is 2. The van der Waals surface area contributed by atoms with Gasteiger partial charge < -0.3 is 15.8 Å². The largest absolute Gasteiger partial charge is 0.477 e. The average molecular weight is 343 g/mol. The summed E-state index contributed by atoms with van der Waals surface area (Å²) in [6.45, 7) is 0.685. The number of amides is 2. The van der Waals surface area contributed by atoms with Crippen molar-refractivity contribution in [2.45, 2.75) is 56.9 Å². The van der Waals surface area contributed by atoms with E-state index in [-0.39, 0.29) is 24.3 Å². The van der Waals surface area contributed by atoms with Gasteiger partial charge in [-0.05, 0) is 62.3 Å². The minimum atomic E-state index is -0.386. The van der Waals surface area contributed by atoms with Crippen molar-refractivity contribution in [3.8, 4) is 5.88 Å². The highest BCUT2D eigenvalue weighted by Gasteiger charge is 2.34. The topological polar surface area (TPSA) is 94.3 Å². The molecule has 3 aliphatic carbocycles. The standard InChI is InChI=1S/C19H25N3O3/c20-17(23)9-16(13-5-6-13)21-18(24)15-8-7-14(12-3-4-12)19(22-15)25-10-11-1-2-11/h7-8,11-13,16H,1-6,9-10H2,(H2,20,23)(H,21,24). The van der Waals surface area contributed by atoms with Gasteiger partial charge >= 0.3 is 0 Å². The van der Waals surface area contributed by atoms with Crippen molar-refractivity contribution in [2.75, 3.05) is 6.61 Å². The molecule has 3 N–H and O–H groups in total. The predicted octanol–water partition coefficient (Wildman–Crippen LogP) is 2.13. The Balaban J connectivity index is 1.46. The fourth-order valence-electron chi connectivity index (χ4n) is 3.17. The molecule has 0 saturated heterocycles. The number of nitrogens with two attached hydrogens (primary N) is 1. The number of carbonyl (C=O) groups is 2. The highest BCUT2D eigenvalue weighted by molar-refractivity contribution is 5.93. The molecule has 0 spiro atoms. The maximum atomic E-state index is 12.6. The van der Waals surface area contributed by atoms with Gasteiger partial charge in [0.25, 0.3) is 5.91 Å². The van der Waals surface area contributed by atoms with Crippen LogP contribution in [0.1, 0.15) is 66.9 Å². The molecule has 0 aromatic carbocycles. The summed E-state index contributed by atoms with van der Waals surface area (Å²) in [5.41, 5.74) is 6.78. The molecule has 0 radical (unpaired) electrons. The Kier molecular flexibility index (Phi) is 4.36. The molecule has 6 nitrogen and oxygen atoms in total. The van der Waals surface area contributed by atoms with Crippen molar-refractivity contribution in [1.29, 1.82) is 0 Å². The number of hydrogen-bond acceptors (Lipinski definition) is 4. The molecule has 3 saturated carbocycles. The summed E-state index contributed by atoms with van der Waals surface area (Å²) in [6, 6.07) is 3.55. The number of ether oxygens (including phenoxy) is 1. The summed E-state index contributed by atoms with van der Waals surface area (Å²) in [5, 5.41) is 2.94. The molecule has 3 aliphatic rings. The Morgan fingerprint density at radius 1 is 1.20 bits per heavy atom. The van der Waals surface area contributed by atoms with Crippen LogP contribution in [0.15, 0.2) is 12.1 Å². The lowest BCUT2D eigenvalue weighted by molar-refractivity contribution is -0.118. The third-order valence-electron chi connectivity index (χ3n) is 5.22. The van der Waals surface area contributed by atoms with Crippen LogP contribution >= 0.6 is 0 Å². The van der Waals surface area contributed by atoms with E-state index in [4.69, 9.17) is 10.5 Å². The molecule has 0 aliphatic heterocycles. The van der Waals surface area contributed by atoms with Crippen LogP contribution in [0.25, 0.3) is 0 Å². The van der Waals surface area contributed by atoms with E-state index in [1.807, 2.05) is 6.07 Å². The van der Waals surface area contributed by atoms with Gasteiger partial charge in [0.1, 0.15) is 5.69 Å². The quantitative estimate of drug-likeness (QED) is 0.718. The van der Waals surface area contributed by atoms with Gasteiger partial charge in [-0.15, -0.1) is 0 Å². The SMILES string of the molecule is NC(=O)CC(NC(=O)c1ccc(C2CC2)c(OCC2CC2)n1)C1CC1. The molecular formula is C19H25N3O3. The maximum Gasteiger partial charge on any atom is 0.270 e. The first-order valence-corrected chi connectivity index (χ1v) is 9.33. The summed E-state index contributed by atoms with van der Waals surface area (Å²) in [7, 11) is 0. The Bertz CT molecular complexity index is 678. The van der Waals surface area contributed by atoms with Crippen LogP contribution in [-0.4, -0.2) is 29.4 Å². The zero-order valence-corrected chi connectivity index (χ0v) is 14.4. The minimum absolute atomic E-state index is 0.182. The summed E-state index contributed by atoms with van der Waals surface area (Å²) >= 11 is 0. The summed E-state index contributed by atoms with van der Waals surface area (Å²) in [6.07, 6.45) is 7.00. The highest BCUT2D eigenvalue weighted by atomic mass is 16.5. The van der Waals surface area contributed by atoms with Gasteiger partial charge in [0.05, 0.1) is 6.61 Å². The second-order valence-corrected chi connectivity index (χ2v) is 7.71. The summed E-state index contributed by atoms with van der Waals surface area (Å²) in [5.74, 6) is 1.49. The number of nitrogens with one attached hydrogen (secondary N) is 1. The van der Waals surface area contributed by atoms with Crippen molar-refractivity contribution >= 4 is 11.8 Å². The Labute approximate surface area is 147 Å². The fraction of sp³-hybridized carbons (Fsp3) is 0.632. The van der Waals surface area contributed by atoms with Crippen LogP contribution in [0, 0.1) is 11.8 Å². The zero-order valence-electron chi connectivity index (χ0n) is 14.4. The van der Waals surface area contributed by atoms with Crippen LogP contribution in [0.4, 0.5) is 0 Å². The normalized spacial score (nSPS) is 20.8. The lowest BCUT2D eigenvalue weighted by atomic mass is 10.1. The number of nitrogens with zero attached hydrogens (tertiary/aromatic N) is 1. The molecule has 3 fully saturated rings. The van der Waals surface area contributed by atoms with E-state index in [0.717, 1.165) is 31.2 Å². The second kappa shape index (κ2) is 6.65. The van der Waals surface area contributed by atoms with E-state index >= 15 is 0 Å². The third kappa shape index (κ3) is 4.30. The Morgan fingerprint density at radius 2 is 1.96 bits per heavy atom. The van der Waals surface area contributed by atoms with E-state index in [2.05, 4.69) is 10.3 Å². The van der Waals surface area contributed by atoms with Crippen LogP contribution in [-0.2, 0) is 4.79 Å². The molecule has 25 heavy (non-hydrogen) atoms. The number of hydrogen-bond donors (Lipinski definition) is 2. The molecule has 1 aromatic rings. The predicted molar refractivity (Wildman–Crippen MR) is 92.2 cm³/mol. The van der Waals surface area contributed by atoms with E-state index in [9.17, 15) is 9.59 Å². The first-order valence-electron chi connectivity index (χ1n) is 9.33. The molecule has 4 rings (SSSR count). The van der Waals surface area contributed by atoms with E-state index in [0.29, 0.717) is 35.9 Å². The first kappa shape index (κ1) is 16.4. The monoisotopic (exact) mass is 343 g/mol. The van der Waals surface area contributed by atoms with Crippen molar-refractivity contribution in [1.82, 2.24) is 10.3 Å². The van der Waals surface area contributed by atoms with Crippen LogP contribution in [0.3, 0.4) is 0 Å². The van der Waals surface area contributed by atoms with Gasteiger partial charge in [-0.25, -0.2) is 4.98 Å². The third-order valence-corrected chi connectivity index (χ3v) is 5.22. The number of pyridine rings is 1. The fourth-order valence-corrected chi connectivity index (χ4v) is 3.17. The average Bonchev–Trinajstić information content (AvgIpc) is 3.46. The van der Waals surface area contributed by atoms with E-state index in [1.165, 1.54) is 12.8 Å². The molecule has 0 bridgehead atoms. The zero-order chi connectivity index (χ0) is 17.4. The second-order valence-electron chi connectivity index (χ2n) is 7.71. The van der Waals surface area contributed by atoms with Gasteiger partial charge in [-0.1, -0.05) is 6.07 Å². The lowest BCUT2D eigenvalue weighted by Crippen LogP contribution is -2.39. The van der Waals surface area contributed by atoms with Crippen molar-refractivity contribution in [3.05, 3.63) is 23.4 Å². The highest BCUT2D eigenvalue weighted by Crippen LogP contribution is 2.44. The van der Waals surface area contributed by atoms with Gasteiger partial charge in [-0.2, -0.15) is 0 Å². The van der Waals surface area contributed by atoms with Crippen molar-refractivity contribution in [2.24, 2.45) is 17.6 Å². The van der Waals surface area contributed by atoms with Crippen LogP contribution < -0.4 is 15.8 Å². The first-order chi connectivity index (χ1) is 12.1. The van der Waals surface area contributed by atoms with E-state index < -0.39 is 0 Å². The minimum Gasteiger partial charge on any atom is -0.477 e. The molecule has 6 heteroatoms. The molecule has 1 heterocycles. The number of primary amides is 1. The maximum absolute atomic E-state index is 12.6. The molecular weight excluding hydrogens is 318 g/mol. The van der Waals surface area contributed by atoms with Crippen LogP contribution in [0.5, 0.6) is 5.88 Å². The summed E-state index contributed by atoms with van der Waals surface area (Å²) in [4.78, 5) is 28.3. The molecule has 1 atom stereocenters. The van der Waals surface area contributed by atoms with Crippen LogP contribution in [0.2, 0.25) is 0 Å². The Morgan fingerprint density at radius 3 is 2.56 bits per heavy atom. The summed E-state index contributed by atoms with van der Waals surface area (Å²) < 4.78 is 5.92. The molecule has 1 unspecified atom stereocenters. The number of rotatable bonds is 9. The van der Waals surface area contributed by atoms with Gasteiger partial charge in [0, 0.05) is 18.0 Å². The van der Waals surface area contributed by atoms with Gasteiger partial charge in [0.15, 0.2) is 0 Å². The number of aromatic nitrogens is 1. The van der Waals surface area contributed by atoms with E-state index in [1.54, 1.807) is 6.07 Å². The molecule has 134 valence electrons. The molecule has 1 aromatic heterocycles. The van der Waals surface area contributed by atoms with Gasteiger partial charge in [-0.3, -0.25) is 9.59 Å². The smallest absolute Gasteiger partial charge is 0.270 e. The lowest BCUT2D eigenvalue weighted by Gasteiger charge is -2.17. The van der Waals surface area contributed by atoms with Crippen molar-refractivity contribution < 1.29 is 14.3 Å². The van der Waals surface area contributed by atoms with Crippen molar-refractivity contribution in [3.63, 3.8) is 0 Å². The Hall–Kier alpha value is -2.11. The molecule has 2 amide bonds. The van der Waals surface area contributed by atoms with Gasteiger partial charge in [0.2, 0.25) is 11.8 Å².